The van der Waals surface area contributed by atoms with Crippen molar-refractivity contribution in [2.45, 2.75) is 32.7 Å². The zero-order valence-corrected chi connectivity index (χ0v) is 10.0. The second-order valence-electron chi connectivity index (χ2n) is 4.25. The van der Waals surface area contributed by atoms with Gasteiger partial charge in [0.2, 0.25) is 5.13 Å². The summed E-state index contributed by atoms with van der Waals surface area (Å²) in [5.41, 5.74) is 0. The molecule has 1 aliphatic heterocycles. The molecule has 1 aromatic heterocycles. The largest absolute Gasteiger partial charge is 0.381 e. The van der Waals surface area contributed by atoms with Gasteiger partial charge in [0.1, 0.15) is 5.82 Å². The van der Waals surface area contributed by atoms with Crippen LogP contribution in [0.25, 0.3) is 0 Å². The van der Waals surface area contributed by atoms with Crippen molar-refractivity contribution in [1.29, 1.82) is 0 Å². The second kappa shape index (κ2) is 4.90. The first-order valence-electron chi connectivity index (χ1n) is 5.41. The molecule has 15 heavy (non-hydrogen) atoms. The van der Waals surface area contributed by atoms with Crippen LogP contribution in [0.15, 0.2) is 0 Å². The maximum Gasteiger partial charge on any atom is 0.202 e. The molecule has 0 saturated carbocycles. The Bertz CT molecular complexity index is 307. The molecule has 0 aliphatic carbocycles. The molecule has 4 nitrogen and oxygen atoms in total. The van der Waals surface area contributed by atoms with E-state index in [0.717, 1.165) is 37.0 Å². The van der Waals surface area contributed by atoms with Crippen LogP contribution >= 0.6 is 11.5 Å². The van der Waals surface area contributed by atoms with Gasteiger partial charge < -0.3 is 10.1 Å². The van der Waals surface area contributed by atoms with E-state index < -0.39 is 0 Å². The van der Waals surface area contributed by atoms with E-state index in [4.69, 9.17) is 4.74 Å². The number of hydrogen-bond acceptors (Lipinski definition) is 5. The zero-order valence-electron chi connectivity index (χ0n) is 9.19. The molecule has 1 unspecified atom stereocenters. The van der Waals surface area contributed by atoms with Gasteiger partial charge in [-0.05, 0) is 26.2 Å². The summed E-state index contributed by atoms with van der Waals surface area (Å²) < 4.78 is 9.68. The van der Waals surface area contributed by atoms with Gasteiger partial charge in [0, 0.05) is 37.2 Å². The lowest BCUT2D eigenvalue weighted by Gasteiger charge is -2.04. The van der Waals surface area contributed by atoms with Gasteiger partial charge in [-0.2, -0.15) is 4.37 Å². The second-order valence-corrected chi connectivity index (χ2v) is 5.00. The topological polar surface area (TPSA) is 47.0 Å². The fourth-order valence-corrected chi connectivity index (χ4v) is 2.39. The van der Waals surface area contributed by atoms with Gasteiger partial charge in [0.25, 0.3) is 0 Å². The normalized spacial score (nSPS) is 21.1. The molecule has 1 N–H and O–H groups in total. The number of anilines is 1. The third kappa shape index (κ3) is 3.14. The van der Waals surface area contributed by atoms with E-state index in [1.165, 1.54) is 11.5 Å². The maximum absolute atomic E-state index is 5.33. The predicted octanol–water partition coefficient (Wildman–Crippen LogP) is 1.94. The van der Waals surface area contributed by atoms with Crippen molar-refractivity contribution in [2.75, 3.05) is 18.5 Å². The number of aromatic nitrogens is 2. The predicted molar refractivity (Wildman–Crippen MR) is 61.3 cm³/mol. The average molecular weight is 227 g/mol. The summed E-state index contributed by atoms with van der Waals surface area (Å²) in [7, 11) is 0. The minimum absolute atomic E-state index is 0.417. The minimum atomic E-state index is 0.417. The molecule has 1 fully saturated rings. The highest BCUT2D eigenvalue weighted by Crippen LogP contribution is 2.19. The zero-order chi connectivity index (χ0) is 10.7. The molecule has 0 bridgehead atoms. The van der Waals surface area contributed by atoms with Crippen LogP contribution in [0.1, 0.15) is 26.1 Å². The van der Waals surface area contributed by atoms with Crippen molar-refractivity contribution >= 4 is 16.7 Å². The van der Waals surface area contributed by atoms with Crippen molar-refractivity contribution in [3.8, 4) is 0 Å². The highest BCUT2D eigenvalue weighted by Gasteiger charge is 2.18. The number of nitrogens with one attached hydrogen (secondary N) is 1. The van der Waals surface area contributed by atoms with E-state index in [9.17, 15) is 0 Å². The van der Waals surface area contributed by atoms with Crippen molar-refractivity contribution in [2.24, 2.45) is 5.92 Å². The number of ether oxygens (including phenoxy) is 1. The Morgan fingerprint density at radius 2 is 2.47 bits per heavy atom. The van der Waals surface area contributed by atoms with Gasteiger partial charge in [-0.25, -0.2) is 4.98 Å². The van der Waals surface area contributed by atoms with Crippen molar-refractivity contribution < 1.29 is 4.74 Å². The quantitative estimate of drug-likeness (QED) is 0.854. The van der Waals surface area contributed by atoms with Crippen LogP contribution in [0.3, 0.4) is 0 Å². The fraction of sp³-hybridized carbons (Fsp3) is 0.800. The molecule has 0 aromatic carbocycles. The summed E-state index contributed by atoms with van der Waals surface area (Å²) >= 11 is 1.45. The summed E-state index contributed by atoms with van der Waals surface area (Å²) in [5, 5.41) is 4.19. The Morgan fingerprint density at radius 1 is 1.60 bits per heavy atom. The average Bonchev–Trinajstić information content (AvgIpc) is 2.77. The first kappa shape index (κ1) is 10.8. The number of rotatable bonds is 4. The maximum atomic E-state index is 5.33. The number of nitrogens with zero attached hydrogens (tertiary/aromatic N) is 2. The van der Waals surface area contributed by atoms with Crippen LogP contribution in [-0.4, -0.2) is 28.6 Å². The Morgan fingerprint density at radius 3 is 3.13 bits per heavy atom. The molecule has 84 valence electrons. The molecule has 0 amide bonds. The van der Waals surface area contributed by atoms with E-state index in [1.54, 1.807) is 0 Å². The summed E-state index contributed by atoms with van der Waals surface area (Å²) in [6.07, 6.45) is 2.10. The summed E-state index contributed by atoms with van der Waals surface area (Å²) in [6.45, 7) is 5.97. The van der Waals surface area contributed by atoms with Gasteiger partial charge >= 0.3 is 0 Å². The molecule has 2 heterocycles. The van der Waals surface area contributed by atoms with Crippen molar-refractivity contribution in [3.05, 3.63) is 5.82 Å². The molecule has 1 atom stereocenters. The van der Waals surface area contributed by atoms with Crippen LogP contribution in [0.5, 0.6) is 0 Å². The van der Waals surface area contributed by atoms with Crippen LogP contribution in [0.2, 0.25) is 0 Å². The molecule has 1 aliphatic rings. The van der Waals surface area contributed by atoms with Crippen LogP contribution in [0, 0.1) is 5.92 Å². The molecule has 5 heteroatoms. The van der Waals surface area contributed by atoms with E-state index in [2.05, 4.69) is 28.5 Å². The summed E-state index contributed by atoms with van der Waals surface area (Å²) in [4.78, 5) is 4.45. The van der Waals surface area contributed by atoms with Gasteiger partial charge in [-0.15, -0.1) is 0 Å². The van der Waals surface area contributed by atoms with Crippen molar-refractivity contribution in [1.82, 2.24) is 9.36 Å². The minimum Gasteiger partial charge on any atom is -0.381 e. The Labute approximate surface area is 94.2 Å². The lowest BCUT2D eigenvalue weighted by Crippen LogP contribution is -2.09. The summed E-state index contributed by atoms with van der Waals surface area (Å²) in [5.74, 6) is 1.57. The van der Waals surface area contributed by atoms with E-state index in [1.807, 2.05) is 0 Å². The Balaban J connectivity index is 1.88. The van der Waals surface area contributed by atoms with Gasteiger partial charge in [0.05, 0.1) is 0 Å². The molecule has 2 rings (SSSR count). The van der Waals surface area contributed by atoms with E-state index in [0.29, 0.717) is 12.0 Å². The molecule has 1 aromatic rings. The third-order valence-electron chi connectivity index (χ3n) is 2.38. The SMILES string of the molecule is CC(C)Nc1nc(CC2CCOC2)ns1. The summed E-state index contributed by atoms with van der Waals surface area (Å²) in [6, 6.07) is 0.417. The van der Waals surface area contributed by atoms with Crippen LogP contribution < -0.4 is 5.32 Å². The fourth-order valence-electron chi connectivity index (χ4n) is 1.64. The molecule has 0 radical (unpaired) electrons. The van der Waals surface area contributed by atoms with E-state index in [-0.39, 0.29) is 0 Å². The lowest BCUT2D eigenvalue weighted by atomic mass is 10.1. The molecular formula is C10H17N3OS. The van der Waals surface area contributed by atoms with Gasteiger partial charge in [0.15, 0.2) is 0 Å². The first-order valence-corrected chi connectivity index (χ1v) is 6.18. The van der Waals surface area contributed by atoms with Crippen LogP contribution in [0.4, 0.5) is 5.13 Å². The smallest absolute Gasteiger partial charge is 0.202 e. The first-order chi connectivity index (χ1) is 7.24. The third-order valence-corrected chi connectivity index (χ3v) is 3.06. The Hall–Kier alpha value is -0.680. The highest BCUT2D eigenvalue weighted by molar-refractivity contribution is 7.09. The lowest BCUT2D eigenvalue weighted by molar-refractivity contribution is 0.185. The standard InChI is InChI=1S/C10H17N3OS/c1-7(2)11-10-12-9(13-15-10)5-8-3-4-14-6-8/h7-8H,3-6H2,1-2H3,(H,11,12,13). The monoisotopic (exact) mass is 227 g/mol. The van der Waals surface area contributed by atoms with Crippen molar-refractivity contribution in [3.63, 3.8) is 0 Å². The van der Waals surface area contributed by atoms with Gasteiger partial charge in [-0.1, -0.05) is 0 Å². The van der Waals surface area contributed by atoms with Gasteiger partial charge in [-0.3, -0.25) is 0 Å². The van der Waals surface area contributed by atoms with Crippen LogP contribution in [-0.2, 0) is 11.2 Å². The number of hydrogen-bond donors (Lipinski definition) is 1. The van der Waals surface area contributed by atoms with E-state index >= 15 is 0 Å². The molecule has 1 saturated heterocycles. The molecule has 0 spiro atoms. The Kier molecular flexibility index (Phi) is 3.53. The molecular weight excluding hydrogens is 210 g/mol. The highest BCUT2D eigenvalue weighted by atomic mass is 32.1.